The molecule has 0 aliphatic heterocycles. The first-order valence-corrected chi connectivity index (χ1v) is 10.0. The Kier molecular flexibility index (Phi) is 6.07. The first-order valence-electron chi connectivity index (χ1n) is 7.81. The number of benzene rings is 2. The van der Waals surface area contributed by atoms with Crippen molar-refractivity contribution in [3.63, 3.8) is 0 Å². The number of hydrogen-bond acceptors (Lipinski definition) is 5. The fourth-order valence-electron chi connectivity index (χ4n) is 2.47. The zero-order valence-corrected chi connectivity index (χ0v) is 16.4. The van der Waals surface area contributed by atoms with Crippen molar-refractivity contribution in [2.24, 2.45) is 0 Å². The molecule has 2 rings (SSSR count). The van der Waals surface area contributed by atoms with Crippen molar-refractivity contribution in [3.05, 3.63) is 63.2 Å². The number of aryl methyl sites for hydroxylation is 1. The summed E-state index contributed by atoms with van der Waals surface area (Å²) in [7, 11) is -3.89. The van der Waals surface area contributed by atoms with Crippen LogP contribution in [0, 0.1) is 17.0 Å². The summed E-state index contributed by atoms with van der Waals surface area (Å²) in [5, 5.41) is 14.0. The normalized spacial score (nSPS) is 12.3. The van der Waals surface area contributed by atoms with Crippen LogP contribution in [0.25, 0.3) is 0 Å². The van der Waals surface area contributed by atoms with Gasteiger partial charge >= 0.3 is 0 Å². The van der Waals surface area contributed by atoms with Gasteiger partial charge in [0.1, 0.15) is 6.04 Å². The van der Waals surface area contributed by atoms with Crippen LogP contribution >= 0.6 is 11.6 Å². The summed E-state index contributed by atoms with van der Waals surface area (Å²) in [5.74, 6) is -0.605. The fourth-order valence-corrected chi connectivity index (χ4v) is 3.82. The van der Waals surface area contributed by atoms with Gasteiger partial charge in [-0.25, -0.2) is 8.42 Å². The highest BCUT2D eigenvalue weighted by Gasteiger charge is 2.30. The molecule has 0 aliphatic rings. The maximum Gasteiger partial charge on any atom is 0.271 e. The summed E-state index contributed by atoms with van der Waals surface area (Å²) in [5.41, 5.74) is 0.988. The highest BCUT2D eigenvalue weighted by Crippen LogP contribution is 2.26. The standard InChI is InChI=1S/C17H18ClN3O5S/c1-11-7-8-13(9-16(11)18)19-17(22)12(2)20(27(3,25)26)14-5-4-6-15(10-14)21(23)24/h4-10,12H,1-3H3,(H,19,22). The lowest BCUT2D eigenvalue weighted by atomic mass is 10.2. The number of sulfonamides is 1. The molecule has 1 atom stereocenters. The highest BCUT2D eigenvalue weighted by molar-refractivity contribution is 7.92. The predicted molar refractivity (Wildman–Crippen MR) is 105 cm³/mol. The molecular formula is C17H18ClN3O5S. The number of halogens is 1. The van der Waals surface area contributed by atoms with Crippen molar-refractivity contribution in [3.8, 4) is 0 Å². The second-order valence-electron chi connectivity index (χ2n) is 5.96. The molecule has 27 heavy (non-hydrogen) atoms. The lowest BCUT2D eigenvalue weighted by Gasteiger charge is -2.28. The highest BCUT2D eigenvalue weighted by atomic mass is 35.5. The van der Waals surface area contributed by atoms with E-state index in [0.717, 1.165) is 22.2 Å². The fraction of sp³-hybridized carbons (Fsp3) is 0.235. The largest absolute Gasteiger partial charge is 0.324 e. The predicted octanol–water partition coefficient (Wildman–Crippen LogP) is 3.35. The molecule has 1 N–H and O–H groups in total. The summed E-state index contributed by atoms with van der Waals surface area (Å²) in [4.78, 5) is 22.9. The van der Waals surface area contributed by atoms with Crippen molar-refractivity contribution in [1.82, 2.24) is 0 Å². The number of nitro benzene ring substituents is 1. The quantitative estimate of drug-likeness (QED) is 0.579. The van der Waals surface area contributed by atoms with Crippen molar-refractivity contribution < 1.29 is 18.1 Å². The molecule has 1 unspecified atom stereocenters. The molecule has 8 nitrogen and oxygen atoms in total. The number of hydrogen-bond donors (Lipinski definition) is 1. The number of nitro groups is 1. The van der Waals surface area contributed by atoms with E-state index in [1.165, 1.54) is 25.1 Å². The Morgan fingerprint density at radius 3 is 2.48 bits per heavy atom. The molecule has 0 radical (unpaired) electrons. The summed E-state index contributed by atoms with van der Waals surface area (Å²) >= 11 is 6.03. The Labute approximate surface area is 162 Å². The molecule has 0 aliphatic carbocycles. The van der Waals surface area contributed by atoms with Crippen molar-refractivity contribution in [2.45, 2.75) is 19.9 Å². The SMILES string of the molecule is Cc1ccc(NC(=O)C(C)N(c2cccc([N+](=O)[O-])c2)S(C)(=O)=O)cc1Cl. The number of carbonyl (C=O) groups is 1. The Bertz CT molecular complexity index is 994. The lowest BCUT2D eigenvalue weighted by molar-refractivity contribution is -0.384. The number of amides is 1. The van der Waals surface area contributed by atoms with Gasteiger partial charge in [-0.2, -0.15) is 0 Å². The average Bonchev–Trinajstić information content (AvgIpc) is 2.57. The van der Waals surface area contributed by atoms with E-state index >= 15 is 0 Å². The van der Waals surface area contributed by atoms with Gasteiger partial charge in [-0.3, -0.25) is 19.2 Å². The molecule has 0 saturated heterocycles. The van der Waals surface area contributed by atoms with Gasteiger partial charge in [-0.1, -0.05) is 23.7 Å². The van der Waals surface area contributed by atoms with E-state index < -0.39 is 26.9 Å². The molecule has 0 spiro atoms. The summed E-state index contributed by atoms with van der Waals surface area (Å²) in [6, 6.07) is 8.86. The minimum Gasteiger partial charge on any atom is -0.324 e. The molecule has 0 aromatic heterocycles. The molecule has 1 amide bonds. The third kappa shape index (κ3) is 4.95. The van der Waals surface area contributed by atoms with E-state index in [9.17, 15) is 23.3 Å². The summed E-state index contributed by atoms with van der Waals surface area (Å²) < 4.78 is 25.4. The Balaban J connectivity index is 2.36. The van der Waals surface area contributed by atoms with E-state index in [1.54, 1.807) is 18.2 Å². The van der Waals surface area contributed by atoms with E-state index in [-0.39, 0.29) is 11.4 Å². The van der Waals surface area contributed by atoms with Gasteiger partial charge in [0.15, 0.2) is 0 Å². The molecular weight excluding hydrogens is 394 g/mol. The maximum absolute atomic E-state index is 12.6. The van der Waals surface area contributed by atoms with Crippen LogP contribution < -0.4 is 9.62 Å². The molecule has 0 bridgehead atoms. The van der Waals surface area contributed by atoms with E-state index in [4.69, 9.17) is 11.6 Å². The van der Waals surface area contributed by atoms with Crippen LogP contribution in [0.3, 0.4) is 0 Å². The third-order valence-electron chi connectivity index (χ3n) is 3.82. The molecule has 2 aromatic carbocycles. The van der Waals surface area contributed by atoms with Gasteiger partial charge in [0.2, 0.25) is 15.9 Å². The number of nitrogens with zero attached hydrogens (tertiary/aromatic N) is 2. The second kappa shape index (κ2) is 7.93. The van der Waals surface area contributed by atoms with Crippen LogP contribution in [0.15, 0.2) is 42.5 Å². The van der Waals surface area contributed by atoms with Gasteiger partial charge in [0.25, 0.3) is 5.69 Å². The molecule has 0 saturated carbocycles. The minimum absolute atomic E-state index is 0.0243. The van der Waals surface area contributed by atoms with Crippen molar-refractivity contribution >= 4 is 44.6 Å². The topological polar surface area (TPSA) is 110 Å². The Morgan fingerprint density at radius 2 is 1.93 bits per heavy atom. The van der Waals surface area contributed by atoms with E-state index in [1.807, 2.05) is 6.92 Å². The van der Waals surface area contributed by atoms with Gasteiger partial charge in [-0.05, 0) is 37.6 Å². The summed E-state index contributed by atoms with van der Waals surface area (Å²) in [6.07, 6.45) is 0.929. The van der Waals surface area contributed by atoms with Crippen LogP contribution in [0.2, 0.25) is 5.02 Å². The van der Waals surface area contributed by atoms with Crippen molar-refractivity contribution in [2.75, 3.05) is 15.9 Å². The Hall–Kier alpha value is -2.65. The van der Waals surface area contributed by atoms with Gasteiger partial charge in [0, 0.05) is 22.8 Å². The number of carbonyl (C=O) groups excluding carboxylic acids is 1. The smallest absolute Gasteiger partial charge is 0.271 e. The van der Waals surface area contributed by atoms with Gasteiger partial charge < -0.3 is 5.32 Å². The average molecular weight is 412 g/mol. The zero-order valence-electron chi connectivity index (χ0n) is 14.8. The second-order valence-corrected chi connectivity index (χ2v) is 8.23. The van der Waals surface area contributed by atoms with Crippen LogP contribution in [0.5, 0.6) is 0 Å². The maximum atomic E-state index is 12.6. The van der Waals surface area contributed by atoms with Crippen LogP contribution in [0.4, 0.5) is 17.1 Å². The molecule has 2 aromatic rings. The number of nitrogens with one attached hydrogen (secondary N) is 1. The number of anilines is 2. The summed E-state index contributed by atoms with van der Waals surface area (Å²) in [6.45, 7) is 3.20. The van der Waals surface area contributed by atoms with Crippen molar-refractivity contribution in [1.29, 1.82) is 0 Å². The zero-order chi connectivity index (χ0) is 20.4. The molecule has 10 heteroatoms. The van der Waals surface area contributed by atoms with E-state index in [2.05, 4.69) is 5.32 Å². The first kappa shape index (κ1) is 20.7. The Morgan fingerprint density at radius 1 is 1.26 bits per heavy atom. The third-order valence-corrected chi connectivity index (χ3v) is 5.47. The molecule has 144 valence electrons. The lowest BCUT2D eigenvalue weighted by Crippen LogP contribution is -2.45. The minimum atomic E-state index is -3.89. The number of non-ortho nitro benzene ring substituents is 1. The van der Waals surface area contributed by atoms with Crippen LogP contribution in [-0.2, 0) is 14.8 Å². The van der Waals surface area contributed by atoms with Crippen LogP contribution in [-0.4, -0.2) is 31.5 Å². The molecule has 0 fully saturated rings. The first-order chi connectivity index (χ1) is 12.5. The van der Waals surface area contributed by atoms with E-state index in [0.29, 0.717) is 10.7 Å². The van der Waals surface area contributed by atoms with Crippen LogP contribution in [0.1, 0.15) is 12.5 Å². The monoisotopic (exact) mass is 411 g/mol. The van der Waals surface area contributed by atoms with Gasteiger partial charge in [0.05, 0.1) is 16.9 Å². The molecule has 0 heterocycles. The number of rotatable bonds is 6. The van der Waals surface area contributed by atoms with Gasteiger partial charge in [-0.15, -0.1) is 0 Å².